The molecule has 4 nitrogen and oxygen atoms in total. The number of hydrogen-bond donors (Lipinski definition) is 2. The van der Waals surface area contributed by atoms with E-state index in [1.807, 2.05) is 0 Å². The normalized spacial score (nSPS) is 13.6. The van der Waals surface area contributed by atoms with E-state index in [9.17, 15) is 5.26 Å². The van der Waals surface area contributed by atoms with E-state index in [0.717, 1.165) is 30.6 Å². The molecular weight excluding hydrogens is 262 g/mol. The molecule has 4 heteroatoms. The highest BCUT2D eigenvalue weighted by Gasteiger charge is 2.24. The zero-order valence-electron chi connectivity index (χ0n) is 13.0. The Kier molecular flexibility index (Phi) is 6.01. The van der Waals surface area contributed by atoms with Crippen LogP contribution in [0, 0.1) is 11.3 Å². The van der Waals surface area contributed by atoms with Gasteiger partial charge in [-0.25, -0.2) is 4.98 Å². The molecule has 1 aliphatic rings. The average Bonchev–Trinajstić information content (AvgIpc) is 2.52. The number of nitriles is 1. The third-order valence-corrected chi connectivity index (χ3v) is 4.19. The van der Waals surface area contributed by atoms with E-state index >= 15 is 0 Å². The zero-order chi connectivity index (χ0) is 15.1. The van der Waals surface area contributed by atoms with Gasteiger partial charge in [0.25, 0.3) is 5.82 Å². The van der Waals surface area contributed by atoms with Gasteiger partial charge in [0, 0.05) is 19.4 Å². The van der Waals surface area contributed by atoms with Crippen LogP contribution in [0.1, 0.15) is 61.4 Å². The molecule has 0 aromatic carbocycles. The molecule has 1 aromatic heterocycles. The van der Waals surface area contributed by atoms with Gasteiger partial charge < -0.3 is 5.11 Å². The number of nitrogens with zero attached hydrogens (tertiary/aromatic N) is 1. The van der Waals surface area contributed by atoms with Gasteiger partial charge in [-0.15, -0.1) is 0 Å². The monoisotopic (exact) mass is 288 g/mol. The second-order valence-electron chi connectivity index (χ2n) is 5.74. The van der Waals surface area contributed by atoms with Gasteiger partial charge >= 0.3 is 0 Å². The summed E-state index contributed by atoms with van der Waals surface area (Å²) in [6.07, 6.45) is 8.61. The van der Waals surface area contributed by atoms with Gasteiger partial charge in [0.1, 0.15) is 17.3 Å². The molecule has 1 aromatic rings. The van der Waals surface area contributed by atoms with Crippen molar-refractivity contribution in [2.24, 2.45) is 0 Å². The molecule has 0 bridgehead atoms. The molecule has 114 valence electrons. The minimum atomic E-state index is 0.169. The highest BCUT2D eigenvalue weighted by atomic mass is 16.3. The summed E-state index contributed by atoms with van der Waals surface area (Å²) in [6.45, 7) is 3.06. The lowest BCUT2D eigenvalue weighted by Gasteiger charge is -2.19. The average molecular weight is 288 g/mol. The van der Waals surface area contributed by atoms with E-state index in [4.69, 9.17) is 5.11 Å². The summed E-state index contributed by atoms with van der Waals surface area (Å²) in [4.78, 5) is 3.47. The Morgan fingerprint density at radius 1 is 1.24 bits per heavy atom. The molecule has 3 N–H and O–H groups in total. The Hall–Kier alpha value is -1.60. The quantitative estimate of drug-likeness (QED) is 0.757. The number of anilines is 1. The lowest BCUT2D eigenvalue weighted by atomic mass is 9.86. The maximum Gasteiger partial charge on any atom is 0.290 e. The number of pyridine rings is 1. The zero-order valence-corrected chi connectivity index (χ0v) is 13.0. The largest absolute Gasteiger partial charge is 0.396 e. The van der Waals surface area contributed by atoms with E-state index in [-0.39, 0.29) is 6.61 Å². The first-order chi connectivity index (χ1) is 10.3. The molecule has 0 radical (unpaired) electrons. The van der Waals surface area contributed by atoms with Gasteiger partial charge in [0.2, 0.25) is 0 Å². The van der Waals surface area contributed by atoms with Crippen LogP contribution in [0.25, 0.3) is 0 Å². The smallest absolute Gasteiger partial charge is 0.290 e. The highest BCUT2D eigenvalue weighted by molar-refractivity contribution is 5.56. The van der Waals surface area contributed by atoms with Gasteiger partial charge in [-0.3, -0.25) is 5.32 Å². The molecule has 0 saturated heterocycles. The number of nitrogens with one attached hydrogen (secondary N) is 2. The molecule has 1 aliphatic carbocycles. The van der Waals surface area contributed by atoms with Crippen LogP contribution in [-0.4, -0.2) is 18.3 Å². The lowest BCUT2D eigenvalue weighted by Crippen LogP contribution is -2.26. The predicted molar refractivity (Wildman–Crippen MR) is 83.2 cm³/mol. The number of aliphatic hydroxyl groups excluding tert-OH is 1. The minimum Gasteiger partial charge on any atom is -0.396 e. The van der Waals surface area contributed by atoms with Gasteiger partial charge in [0.05, 0.1) is 6.54 Å². The number of fused-ring (bicyclic) bond motifs is 1. The van der Waals surface area contributed by atoms with E-state index < -0.39 is 0 Å². The number of aryl methyl sites for hydroxylation is 1. The molecule has 0 unspecified atom stereocenters. The number of aromatic amines is 1. The summed E-state index contributed by atoms with van der Waals surface area (Å²) < 4.78 is 0. The minimum absolute atomic E-state index is 0.169. The van der Waals surface area contributed by atoms with Crippen LogP contribution in [0.15, 0.2) is 0 Å². The molecule has 0 aliphatic heterocycles. The topological polar surface area (TPSA) is 70.2 Å². The molecule has 0 atom stereocenters. The second kappa shape index (κ2) is 7.99. The van der Waals surface area contributed by atoms with Crippen molar-refractivity contribution in [1.29, 1.82) is 5.26 Å². The number of aliphatic hydroxyl groups is 1. The van der Waals surface area contributed by atoms with Crippen LogP contribution < -0.4 is 10.3 Å². The Morgan fingerprint density at radius 2 is 2.00 bits per heavy atom. The molecule has 21 heavy (non-hydrogen) atoms. The first-order valence-corrected chi connectivity index (χ1v) is 8.16. The van der Waals surface area contributed by atoms with Crippen LogP contribution in [-0.2, 0) is 19.3 Å². The van der Waals surface area contributed by atoms with E-state index in [0.29, 0.717) is 13.0 Å². The van der Waals surface area contributed by atoms with Crippen molar-refractivity contribution in [2.75, 3.05) is 18.5 Å². The maximum atomic E-state index is 9.54. The number of hydrogen-bond acceptors (Lipinski definition) is 3. The molecule has 0 amide bonds. The van der Waals surface area contributed by atoms with Crippen molar-refractivity contribution in [3.8, 4) is 6.07 Å². The summed E-state index contributed by atoms with van der Waals surface area (Å²) in [5.74, 6) is 0.845. The summed E-state index contributed by atoms with van der Waals surface area (Å²) >= 11 is 0. The standard InChI is InChI=1S/C17H25N3O/c1-2-3-9-16-14-8-5-4-7-13(14)15(12-18)17(20-16)19-10-6-11-21/h21H,2-11H2,1H3,(H,19,20)/p+1. The fraction of sp³-hybridized carbons (Fsp3) is 0.647. The fourth-order valence-electron chi connectivity index (χ4n) is 3.07. The SMILES string of the molecule is CCCCc1[nH+]c(NCCCO)c(C#N)c2c1CCCC2. The van der Waals surface area contributed by atoms with Gasteiger partial charge in [-0.05, 0) is 43.2 Å². The number of unbranched alkanes of at least 4 members (excludes halogenated alkanes) is 1. The van der Waals surface area contributed by atoms with Crippen LogP contribution in [0.2, 0.25) is 0 Å². The summed E-state index contributed by atoms with van der Waals surface area (Å²) in [5, 5.41) is 21.8. The van der Waals surface area contributed by atoms with E-state index in [1.54, 1.807) is 0 Å². The predicted octanol–water partition coefficient (Wildman–Crippen LogP) is 2.39. The van der Waals surface area contributed by atoms with Crippen molar-refractivity contribution in [1.82, 2.24) is 0 Å². The van der Waals surface area contributed by atoms with Crippen LogP contribution in [0.4, 0.5) is 5.82 Å². The first-order valence-electron chi connectivity index (χ1n) is 8.16. The fourth-order valence-corrected chi connectivity index (χ4v) is 3.07. The van der Waals surface area contributed by atoms with Gasteiger partial charge in [0.15, 0.2) is 0 Å². The van der Waals surface area contributed by atoms with Crippen molar-refractivity contribution in [2.45, 2.75) is 58.3 Å². The third-order valence-electron chi connectivity index (χ3n) is 4.19. The molecule has 0 fully saturated rings. The van der Waals surface area contributed by atoms with Crippen molar-refractivity contribution < 1.29 is 10.1 Å². The van der Waals surface area contributed by atoms with Crippen LogP contribution in [0.3, 0.4) is 0 Å². The molecule has 0 spiro atoms. The van der Waals surface area contributed by atoms with Gasteiger partial charge in [-0.1, -0.05) is 13.3 Å². The number of aromatic nitrogens is 1. The van der Waals surface area contributed by atoms with Gasteiger partial charge in [-0.2, -0.15) is 5.26 Å². The third kappa shape index (κ3) is 3.74. The van der Waals surface area contributed by atoms with Crippen molar-refractivity contribution >= 4 is 5.82 Å². The lowest BCUT2D eigenvalue weighted by molar-refractivity contribution is -0.375. The van der Waals surface area contributed by atoms with E-state index in [2.05, 4.69) is 23.3 Å². The summed E-state index contributed by atoms with van der Waals surface area (Å²) in [6, 6.07) is 2.38. The Labute approximate surface area is 127 Å². The first kappa shape index (κ1) is 15.8. The van der Waals surface area contributed by atoms with Crippen LogP contribution in [0.5, 0.6) is 0 Å². The highest BCUT2D eigenvalue weighted by Crippen LogP contribution is 2.29. The molecule has 1 heterocycles. The van der Waals surface area contributed by atoms with E-state index in [1.165, 1.54) is 42.5 Å². The van der Waals surface area contributed by atoms with Crippen molar-refractivity contribution in [3.63, 3.8) is 0 Å². The van der Waals surface area contributed by atoms with Crippen LogP contribution >= 0.6 is 0 Å². The Morgan fingerprint density at radius 3 is 2.67 bits per heavy atom. The Bertz CT molecular complexity index is 520. The number of rotatable bonds is 7. The maximum absolute atomic E-state index is 9.54. The molecule has 0 saturated carbocycles. The van der Waals surface area contributed by atoms with Crippen molar-refractivity contribution in [3.05, 3.63) is 22.4 Å². The number of H-pyrrole nitrogens is 1. The Balaban J connectivity index is 2.36. The second-order valence-corrected chi connectivity index (χ2v) is 5.74. The summed E-state index contributed by atoms with van der Waals surface area (Å²) in [5.41, 5.74) is 4.72. The molecular formula is C17H26N3O+. The molecule has 2 rings (SSSR count). The summed E-state index contributed by atoms with van der Waals surface area (Å²) in [7, 11) is 0.